The highest BCUT2D eigenvalue weighted by Crippen LogP contribution is 2.45. The molecule has 0 saturated heterocycles. The number of hydrogen-bond donors (Lipinski definition) is 0. The fourth-order valence-electron chi connectivity index (χ4n) is 8.99. The van der Waals surface area contributed by atoms with Gasteiger partial charge in [-0.15, -0.1) is 0 Å². The van der Waals surface area contributed by atoms with Gasteiger partial charge in [0, 0.05) is 0 Å². The number of rotatable bonds is 4. The minimum atomic E-state index is 1.22. The van der Waals surface area contributed by atoms with Crippen LogP contribution in [0.5, 0.6) is 0 Å². The number of hydrogen-bond acceptors (Lipinski definition) is 0. The number of fused-ring (bicyclic) bond motifs is 9. The van der Waals surface area contributed by atoms with Crippen molar-refractivity contribution in [2.24, 2.45) is 0 Å². The molecule has 0 bridgehead atoms. The Morgan fingerprint density at radius 2 is 0.593 bits per heavy atom. The average Bonchev–Trinajstić information content (AvgIpc) is 3.25. The van der Waals surface area contributed by atoms with Gasteiger partial charge < -0.3 is 0 Å². The van der Waals surface area contributed by atoms with Crippen molar-refractivity contribution in [1.29, 1.82) is 0 Å². The molecule has 0 heterocycles. The zero-order valence-electron chi connectivity index (χ0n) is 29.6. The quantitative estimate of drug-likeness (QED) is 0.128. The molecule has 0 nitrogen and oxygen atoms in total. The SMILES string of the molecule is c1cc(-c2cccc3ccccc23)cc(-c2c3ccccc3c(-c3ccc(-c4ccc5c6ccccc6c6ccccc6c5c4)cc3)c3ccccc23)c1. The van der Waals surface area contributed by atoms with Crippen molar-refractivity contribution in [3.8, 4) is 44.5 Å². The molecule has 0 heteroatoms. The van der Waals surface area contributed by atoms with E-state index in [1.165, 1.54) is 109 Å². The van der Waals surface area contributed by atoms with Crippen LogP contribution in [-0.4, -0.2) is 0 Å². The van der Waals surface area contributed by atoms with Gasteiger partial charge in [0.15, 0.2) is 0 Å². The first-order valence-electron chi connectivity index (χ1n) is 18.8. The summed E-state index contributed by atoms with van der Waals surface area (Å²) in [5.74, 6) is 0. The minimum Gasteiger partial charge on any atom is -0.0616 e. The first-order valence-corrected chi connectivity index (χ1v) is 18.8. The molecule has 0 radical (unpaired) electrons. The molecule has 0 aliphatic rings. The first kappa shape index (κ1) is 30.6. The maximum Gasteiger partial charge on any atom is -0.00262 e. The van der Waals surface area contributed by atoms with Crippen LogP contribution in [0.15, 0.2) is 206 Å². The van der Waals surface area contributed by atoms with Crippen LogP contribution in [0, 0.1) is 0 Å². The highest BCUT2D eigenvalue weighted by molar-refractivity contribution is 6.26. The van der Waals surface area contributed by atoms with Crippen molar-refractivity contribution in [3.05, 3.63) is 206 Å². The molecule has 0 amide bonds. The van der Waals surface area contributed by atoms with Gasteiger partial charge in [0.1, 0.15) is 0 Å². The molecule has 11 rings (SSSR count). The maximum atomic E-state index is 2.38. The number of benzene rings is 11. The molecule has 0 spiro atoms. The van der Waals surface area contributed by atoms with Gasteiger partial charge in [0.05, 0.1) is 0 Å². The molecular formula is C54H34. The summed E-state index contributed by atoms with van der Waals surface area (Å²) in [5, 5.41) is 15.4. The second-order valence-electron chi connectivity index (χ2n) is 14.4. The molecule has 0 saturated carbocycles. The normalized spacial score (nSPS) is 11.7. The van der Waals surface area contributed by atoms with Crippen molar-refractivity contribution in [2.45, 2.75) is 0 Å². The summed E-state index contributed by atoms with van der Waals surface area (Å²) in [6.45, 7) is 0. The summed E-state index contributed by atoms with van der Waals surface area (Å²) >= 11 is 0. The molecule has 0 aliphatic carbocycles. The second-order valence-corrected chi connectivity index (χ2v) is 14.4. The molecule has 11 aromatic carbocycles. The summed E-state index contributed by atoms with van der Waals surface area (Å²) < 4.78 is 0. The van der Waals surface area contributed by atoms with Crippen LogP contribution in [-0.2, 0) is 0 Å². The van der Waals surface area contributed by atoms with Crippen LogP contribution in [0.4, 0.5) is 0 Å². The lowest BCUT2D eigenvalue weighted by molar-refractivity contribution is 1.62. The Bertz CT molecular complexity index is 3160. The molecule has 0 aliphatic heterocycles. The molecule has 54 heavy (non-hydrogen) atoms. The van der Waals surface area contributed by atoms with Gasteiger partial charge in [0.2, 0.25) is 0 Å². The van der Waals surface area contributed by atoms with E-state index in [0.717, 1.165) is 0 Å². The molecule has 250 valence electrons. The van der Waals surface area contributed by atoms with Crippen LogP contribution in [0.3, 0.4) is 0 Å². The van der Waals surface area contributed by atoms with Gasteiger partial charge in [-0.25, -0.2) is 0 Å². The van der Waals surface area contributed by atoms with Gasteiger partial charge in [0.25, 0.3) is 0 Å². The Kier molecular flexibility index (Phi) is 6.97. The van der Waals surface area contributed by atoms with Gasteiger partial charge in [-0.2, -0.15) is 0 Å². The minimum absolute atomic E-state index is 1.22. The lowest BCUT2D eigenvalue weighted by Crippen LogP contribution is -1.91. The average molecular weight is 683 g/mol. The van der Waals surface area contributed by atoms with Gasteiger partial charge >= 0.3 is 0 Å². The van der Waals surface area contributed by atoms with Crippen molar-refractivity contribution in [2.75, 3.05) is 0 Å². The maximum absolute atomic E-state index is 2.38. The summed E-state index contributed by atoms with van der Waals surface area (Å²) in [5.41, 5.74) is 9.93. The summed E-state index contributed by atoms with van der Waals surface area (Å²) in [4.78, 5) is 0. The van der Waals surface area contributed by atoms with Gasteiger partial charge in [-0.3, -0.25) is 0 Å². The van der Waals surface area contributed by atoms with E-state index in [-0.39, 0.29) is 0 Å². The molecule has 11 aromatic rings. The van der Waals surface area contributed by atoms with E-state index in [1.807, 2.05) is 0 Å². The fourth-order valence-corrected chi connectivity index (χ4v) is 8.99. The van der Waals surface area contributed by atoms with Crippen molar-refractivity contribution in [3.63, 3.8) is 0 Å². The van der Waals surface area contributed by atoms with E-state index in [1.54, 1.807) is 0 Å². The van der Waals surface area contributed by atoms with E-state index < -0.39 is 0 Å². The molecule has 0 atom stereocenters. The highest BCUT2D eigenvalue weighted by atomic mass is 14.2. The van der Waals surface area contributed by atoms with Crippen LogP contribution >= 0.6 is 0 Å². The second kappa shape index (κ2) is 12.3. The summed E-state index contributed by atoms with van der Waals surface area (Å²) in [7, 11) is 0. The third-order valence-electron chi connectivity index (χ3n) is 11.4. The van der Waals surface area contributed by atoms with E-state index in [0.29, 0.717) is 0 Å². The molecule has 0 N–H and O–H groups in total. The van der Waals surface area contributed by atoms with Crippen molar-refractivity contribution < 1.29 is 0 Å². The van der Waals surface area contributed by atoms with Gasteiger partial charge in [-0.1, -0.05) is 194 Å². The van der Waals surface area contributed by atoms with E-state index in [9.17, 15) is 0 Å². The third-order valence-corrected chi connectivity index (χ3v) is 11.4. The Balaban J connectivity index is 1.06. The first-order chi connectivity index (χ1) is 26.8. The standard InChI is InChI=1S/C54H34/c1-2-17-41-36(13-1)14-12-26-42(41)39-15-11-16-40(33-39)54-50-24-9-7-22-48(50)53(49-23-8-10-25-51(49)54)37-29-27-35(28-30-37)38-31-32-47-45-20-4-3-18-43(45)44-19-5-6-21-46(44)52(47)34-38/h1-34H. The Hall–Kier alpha value is -7.02. The monoisotopic (exact) mass is 682 g/mol. The fraction of sp³-hybridized carbons (Fsp3) is 0. The van der Waals surface area contributed by atoms with Crippen molar-refractivity contribution in [1.82, 2.24) is 0 Å². The Morgan fingerprint density at radius 3 is 1.20 bits per heavy atom. The Labute approximate surface area is 314 Å². The smallest absolute Gasteiger partial charge is 0.00262 e. The van der Waals surface area contributed by atoms with Crippen LogP contribution in [0.1, 0.15) is 0 Å². The summed E-state index contributed by atoms with van der Waals surface area (Å²) in [6.07, 6.45) is 0. The predicted octanol–water partition coefficient (Wildman–Crippen LogP) is 15.3. The van der Waals surface area contributed by atoms with Crippen LogP contribution in [0.25, 0.3) is 109 Å². The van der Waals surface area contributed by atoms with E-state index in [2.05, 4.69) is 206 Å². The van der Waals surface area contributed by atoms with Crippen LogP contribution in [0.2, 0.25) is 0 Å². The highest BCUT2D eigenvalue weighted by Gasteiger charge is 2.18. The van der Waals surface area contributed by atoms with Crippen LogP contribution < -0.4 is 0 Å². The molecular weight excluding hydrogens is 649 g/mol. The largest absolute Gasteiger partial charge is 0.0616 e. The van der Waals surface area contributed by atoms with Gasteiger partial charge in [-0.05, 0) is 121 Å². The van der Waals surface area contributed by atoms with E-state index in [4.69, 9.17) is 0 Å². The molecule has 0 unspecified atom stereocenters. The zero-order chi connectivity index (χ0) is 35.6. The molecule has 0 fully saturated rings. The molecule has 0 aromatic heterocycles. The Morgan fingerprint density at radius 1 is 0.185 bits per heavy atom. The zero-order valence-corrected chi connectivity index (χ0v) is 29.6. The van der Waals surface area contributed by atoms with Crippen molar-refractivity contribution >= 4 is 64.6 Å². The predicted molar refractivity (Wildman–Crippen MR) is 233 cm³/mol. The third kappa shape index (κ3) is 4.78. The van der Waals surface area contributed by atoms with E-state index >= 15 is 0 Å². The topological polar surface area (TPSA) is 0 Å². The lowest BCUT2D eigenvalue weighted by Gasteiger charge is -2.18. The lowest BCUT2D eigenvalue weighted by atomic mass is 9.85. The summed E-state index contributed by atoms with van der Waals surface area (Å²) in [6, 6.07) is 76.0.